The lowest BCUT2D eigenvalue weighted by Crippen LogP contribution is -2.13. The summed E-state index contributed by atoms with van der Waals surface area (Å²) in [7, 11) is 1.71. The molecule has 0 unspecified atom stereocenters. The molecule has 0 aliphatic heterocycles. The number of rotatable bonds is 5. The zero-order chi connectivity index (χ0) is 13.8. The van der Waals surface area contributed by atoms with Gasteiger partial charge in [-0.3, -0.25) is 0 Å². The van der Waals surface area contributed by atoms with Gasteiger partial charge in [-0.1, -0.05) is 30.3 Å². The van der Waals surface area contributed by atoms with Crippen LogP contribution in [0.4, 0.5) is 0 Å². The van der Waals surface area contributed by atoms with E-state index in [9.17, 15) is 0 Å². The Labute approximate surface area is 118 Å². The predicted molar refractivity (Wildman–Crippen MR) is 81.8 cm³/mol. The number of aromatic amines is 1. The number of ether oxygens (including phenoxy) is 1. The lowest BCUT2D eigenvalue weighted by molar-refractivity contribution is 0.407. The number of nitrogens with one attached hydrogen (secondary N) is 2. The van der Waals surface area contributed by atoms with Crippen molar-refractivity contribution in [1.29, 1.82) is 0 Å². The van der Waals surface area contributed by atoms with Crippen molar-refractivity contribution in [1.82, 2.24) is 10.3 Å². The van der Waals surface area contributed by atoms with Gasteiger partial charge in [0.2, 0.25) is 0 Å². The second kappa shape index (κ2) is 5.80. The van der Waals surface area contributed by atoms with E-state index < -0.39 is 0 Å². The fraction of sp³-hybridized carbons (Fsp3) is 0.176. The summed E-state index contributed by atoms with van der Waals surface area (Å²) >= 11 is 0. The van der Waals surface area contributed by atoms with E-state index in [1.54, 1.807) is 7.11 Å². The fourth-order valence-electron chi connectivity index (χ4n) is 2.40. The van der Waals surface area contributed by atoms with Crippen LogP contribution in [-0.4, -0.2) is 12.1 Å². The summed E-state index contributed by atoms with van der Waals surface area (Å²) in [5.74, 6) is 0.930. The van der Waals surface area contributed by atoms with Crippen molar-refractivity contribution in [3.63, 3.8) is 0 Å². The van der Waals surface area contributed by atoms with Gasteiger partial charge in [0.05, 0.1) is 7.11 Å². The second-order valence-corrected chi connectivity index (χ2v) is 4.81. The molecule has 0 saturated heterocycles. The van der Waals surface area contributed by atoms with Gasteiger partial charge in [0, 0.05) is 30.4 Å². The molecule has 0 atom stereocenters. The minimum atomic E-state index is 0.798. The van der Waals surface area contributed by atoms with E-state index >= 15 is 0 Å². The van der Waals surface area contributed by atoms with Gasteiger partial charge < -0.3 is 15.0 Å². The van der Waals surface area contributed by atoms with E-state index in [0.29, 0.717) is 0 Å². The molecule has 2 aromatic carbocycles. The molecule has 0 spiro atoms. The highest BCUT2D eigenvalue weighted by atomic mass is 16.5. The quantitative estimate of drug-likeness (QED) is 0.742. The van der Waals surface area contributed by atoms with Gasteiger partial charge in [-0.15, -0.1) is 0 Å². The molecule has 3 aromatic rings. The summed E-state index contributed by atoms with van der Waals surface area (Å²) in [4.78, 5) is 3.24. The van der Waals surface area contributed by atoms with Gasteiger partial charge in [-0.25, -0.2) is 0 Å². The summed E-state index contributed by atoms with van der Waals surface area (Å²) in [5.41, 5.74) is 3.63. The Hall–Kier alpha value is -2.26. The first-order chi connectivity index (χ1) is 9.86. The molecule has 3 nitrogen and oxygen atoms in total. The summed E-state index contributed by atoms with van der Waals surface area (Å²) in [6.45, 7) is 1.64. The number of aromatic nitrogens is 1. The van der Waals surface area contributed by atoms with Gasteiger partial charge in [-0.05, 0) is 29.1 Å². The van der Waals surface area contributed by atoms with Crippen LogP contribution >= 0.6 is 0 Å². The molecule has 0 radical (unpaired) electrons. The Bertz CT molecular complexity index is 703. The topological polar surface area (TPSA) is 37.0 Å². The highest BCUT2D eigenvalue weighted by Gasteiger charge is 2.01. The van der Waals surface area contributed by atoms with E-state index in [1.807, 2.05) is 24.4 Å². The molecule has 0 bridgehead atoms. The SMILES string of the molecule is COc1ccccc1CNCc1ccc2cc[nH]c2c1. The third kappa shape index (κ3) is 2.68. The lowest BCUT2D eigenvalue weighted by Gasteiger charge is -2.09. The molecule has 20 heavy (non-hydrogen) atoms. The van der Waals surface area contributed by atoms with Crippen LogP contribution in [0.15, 0.2) is 54.7 Å². The molecule has 102 valence electrons. The van der Waals surface area contributed by atoms with Crippen molar-refractivity contribution < 1.29 is 4.74 Å². The predicted octanol–water partition coefficient (Wildman–Crippen LogP) is 3.47. The standard InChI is InChI=1S/C17H18N2O/c1-20-17-5-3-2-4-15(17)12-18-11-13-6-7-14-8-9-19-16(14)10-13/h2-10,18-19H,11-12H2,1H3. The normalized spacial score (nSPS) is 10.8. The Morgan fingerprint density at radius 1 is 1.05 bits per heavy atom. The monoisotopic (exact) mass is 266 g/mol. The van der Waals surface area contributed by atoms with Crippen molar-refractivity contribution in [3.05, 3.63) is 65.9 Å². The van der Waals surface area contributed by atoms with Crippen molar-refractivity contribution in [2.75, 3.05) is 7.11 Å². The highest BCUT2D eigenvalue weighted by molar-refractivity contribution is 5.79. The molecular weight excluding hydrogens is 248 g/mol. The maximum absolute atomic E-state index is 5.35. The van der Waals surface area contributed by atoms with Gasteiger partial charge in [0.25, 0.3) is 0 Å². The van der Waals surface area contributed by atoms with E-state index in [0.717, 1.165) is 18.8 Å². The van der Waals surface area contributed by atoms with Crippen LogP contribution in [0.5, 0.6) is 5.75 Å². The first kappa shape index (κ1) is 12.8. The lowest BCUT2D eigenvalue weighted by atomic mass is 10.1. The summed E-state index contributed by atoms with van der Waals surface area (Å²) in [6.07, 6.45) is 1.97. The van der Waals surface area contributed by atoms with E-state index in [1.165, 1.54) is 22.0 Å². The minimum Gasteiger partial charge on any atom is -0.496 e. The Morgan fingerprint density at radius 3 is 2.85 bits per heavy atom. The van der Waals surface area contributed by atoms with Crippen LogP contribution in [-0.2, 0) is 13.1 Å². The molecule has 3 heteroatoms. The molecule has 3 rings (SSSR count). The first-order valence-electron chi connectivity index (χ1n) is 6.75. The van der Waals surface area contributed by atoms with Crippen LogP contribution in [0.2, 0.25) is 0 Å². The van der Waals surface area contributed by atoms with Gasteiger partial charge >= 0.3 is 0 Å². The van der Waals surface area contributed by atoms with Crippen molar-refractivity contribution in [2.45, 2.75) is 13.1 Å². The zero-order valence-corrected chi connectivity index (χ0v) is 11.5. The van der Waals surface area contributed by atoms with Gasteiger partial charge in [0.1, 0.15) is 5.75 Å². The van der Waals surface area contributed by atoms with Crippen molar-refractivity contribution in [2.24, 2.45) is 0 Å². The second-order valence-electron chi connectivity index (χ2n) is 4.81. The molecule has 0 fully saturated rings. The number of hydrogen-bond acceptors (Lipinski definition) is 2. The Morgan fingerprint density at radius 2 is 1.95 bits per heavy atom. The molecule has 2 N–H and O–H groups in total. The molecule has 0 aliphatic rings. The smallest absolute Gasteiger partial charge is 0.123 e. The fourth-order valence-corrected chi connectivity index (χ4v) is 2.40. The summed E-state index contributed by atoms with van der Waals surface area (Å²) in [5, 5.41) is 4.70. The number of para-hydroxylation sites is 1. The van der Waals surface area contributed by atoms with E-state index in [4.69, 9.17) is 4.74 Å². The van der Waals surface area contributed by atoms with Gasteiger partial charge in [-0.2, -0.15) is 0 Å². The largest absolute Gasteiger partial charge is 0.496 e. The molecular formula is C17H18N2O. The number of H-pyrrole nitrogens is 1. The number of methoxy groups -OCH3 is 1. The van der Waals surface area contributed by atoms with Crippen LogP contribution in [0.1, 0.15) is 11.1 Å². The first-order valence-corrected chi connectivity index (χ1v) is 6.75. The Kier molecular flexibility index (Phi) is 3.70. The molecule has 1 aromatic heterocycles. The molecule has 0 aliphatic carbocycles. The third-order valence-corrected chi connectivity index (χ3v) is 3.46. The maximum atomic E-state index is 5.35. The summed E-state index contributed by atoms with van der Waals surface area (Å²) < 4.78 is 5.35. The van der Waals surface area contributed by atoms with Crippen LogP contribution in [0, 0.1) is 0 Å². The van der Waals surface area contributed by atoms with E-state index in [-0.39, 0.29) is 0 Å². The Balaban J connectivity index is 1.64. The highest BCUT2D eigenvalue weighted by Crippen LogP contribution is 2.17. The average molecular weight is 266 g/mol. The maximum Gasteiger partial charge on any atom is 0.123 e. The number of fused-ring (bicyclic) bond motifs is 1. The van der Waals surface area contributed by atoms with E-state index in [2.05, 4.69) is 40.6 Å². The third-order valence-electron chi connectivity index (χ3n) is 3.46. The number of hydrogen-bond donors (Lipinski definition) is 2. The van der Waals surface area contributed by atoms with Crippen LogP contribution < -0.4 is 10.1 Å². The van der Waals surface area contributed by atoms with Gasteiger partial charge in [0.15, 0.2) is 0 Å². The molecule has 1 heterocycles. The zero-order valence-electron chi connectivity index (χ0n) is 11.5. The average Bonchev–Trinajstić information content (AvgIpc) is 2.95. The number of benzene rings is 2. The minimum absolute atomic E-state index is 0.798. The summed E-state index contributed by atoms with van der Waals surface area (Å²) in [6, 6.07) is 16.7. The molecule has 0 saturated carbocycles. The van der Waals surface area contributed by atoms with Crippen molar-refractivity contribution in [3.8, 4) is 5.75 Å². The van der Waals surface area contributed by atoms with Crippen molar-refractivity contribution >= 4 is 10.9 Å². The van der Waals surface area contributed by atoms with Crippen LogP contribution in [0.3, 0.4) is 0 Å². The molecule has 0 amide bonds. The van der Waals surface area contributed by atoms with Crippen LogP contribution in [0.25, 0.3) is 10.9 Å².